The van der Waals surface area contributed by atoms with Crippen LogP contribution in [0, 0.1) is 5.92 Å². The van der Waals surface area contributed by atoms with E-state index in [4.69, 9.17) is 4.74 Å². The van der Waals surface area contributed by atoms with E-state index in [9.17, 15) is 4.79 Å². The van der Waals surface area contributed by atoms with E-state index in [-0.39, 0.29) is 11.8 Å². The number of nitrogens with zero attached hydrogens (tertiary/aromatic N) is 3. The van der Waals surface area contributed by atoms with Crippen LogP contribution in [0.3, 0.4) is 0 Å². The zero-order valence-corrected chi connectivity index (χ0v) is 14.6. The number of para-hydroxylation sites is 1. The molecule has 1 atom stereocenters. The van der Waals surface area contributed by atoms with Crippen LogP contribution in [0.2, 0.25) is 0 Å². The van der Waals surface area contributed by atoms with Crippen molar-refractivity contribution in [3.05, 3.63) is 36.2 Å². The molecule has 1 aliphatic heterocycles. The molecule has 1 aromatic heterocycles. The highest BCUT2D eigenvalue weighted by Gasteiger charge is 2.27. The second kappa shape index (κ2) is 8.21. The molecule has 0 aliphatic carbocycles. The number of ether oxygens (including phenoxy) is 1. The van der Waals surface area contributed by atoms with Gasteiger partial charge in [0.2, 0.25) is 11.0 Å². The maximum Gasteiger partial charge on any atom is 0.229 e. The molecule has 0 spiro atoms. The van der Waals surface area contributed by atoms with Crippen LogP contribution in [0.1, 0.15) is 18.7 Å². The number of anilines is 2. The van der Waals surface area contributed by atoms with E-state index >= 15 is 0 Å². The summed E-state index contributed by atoms with van der Waals surface area (Å²) in [4.78, 5) is 19.2. The van der Waals surface area contributed by atoms with E-state index in [1.54, 1.807) is 7.11 Å². The number of aromatic nitrogens is 2. The topological polar surface area (TPSA) is 67.3 Å². The first kappa shape index (κ1) is 16.9. The zero-order chi connectivity index (χ0) is 16.8. The molecular weight excluding hydrogens is 324 g/mol. The third-order valence-electron chi connectivity index (χ3n) is 4.09. The number of piperidine rings is 1. The van der Waals surface area contributed by atoms with Gasteiger partial charge in [0.1, 0.15) is 5.82 Å². The average molecular weight is 346 g/mol. The minimum Gasteiger partial charge on any atom is -0.384 e. The number of carbonyl (C=O) groups is 1. The Hall–Kier alpha value is -1.99. The van der Waals surface area contributed by atoms with Crippen molar-refractivity contribution in [1.29, 1.82) is 0 Å². The largest absolute Gasteiger partial charge is 0.384 e. The smallest absolute Gasteiger partial charge is 0.229 e. The van der Waals surface area contributed by atoms with Crippen molar-refractivity contribution in [3.8, 4) is 0 Å². The molecule has 1 aliphatic rings. The molecule has 3 rings (SSSR count). The first-order valence-electron chi connectivity index (χ1n) is 8.18. The number of hydrogen-bond acceptors (Lipinski definition) is 6. The lowest BCUT2D eigenvalue weighted by Gasteiger charge is -2.31. The van der Waals surface area contributed by atoms with Crippen molar-refractivity contribution >= 4 is 28.3 Å². The summed E-state index contributed by atoms with van der Waals surface area (Å²) in [5, 5.41) is 3.90. The predicted molar refractivity (Wildman–Crippen MR) is 95.5 cm³/mol. The molecule has 1 N–H and O–H groups in total. The monoisotopic (exact) mass is 346 g/mol. The number of hydrogen-bond donors (Lipinski definition) is 1. The highest BCUT2D eigenvalue weighted by atomic mass is 32.1. The lowest BCUT2D eigenvalue weighted by Crippen LogP contribution is -2.40. The molecule has 24 heavy (non-hydrogen) atoms. The molecule has 6 nitrogen and oxygen atoms in total. The van der Waals surface area contributed by atoms with E-state index in [0.29, 0.717) is 13.2 Å². The summed E-state index contributed by atoms with van der Waals surface area (Å²) in [6.45, 7) is 2.24. The lowest BCUT2D eigenvalue weighted by atomic mass is 9.97. The quantitative estimate of drug-likeness (QED) is 0.871. The third-order valence-corrected chi connectivity index (χ3v) is 4.91. The van der Waals surface area contributed by atoms with Crippen molar-refractivity contribution in [3.63, 3.8) is 0 Å². The lowest BCUT2D eigenvalue weighted by molar-refractivity contribution is -0.120. The SMILES string of the molecule is COCCc1nsc(N2CCCC(C(=O)Nc3ccccc3)C2)n1. The molecule has 1 amide bonds. The average Bonchev–Trinajstić information content (AvgIpc) is 3.10. The summed E-state index contributed by atoms with van der Waals surface area (Å²) >= 11 is 1.40. The number of rotatable bonds is 6. The molecular formula is C17H22N4O2S. The molecule has 2 heterocycles. The molecule has 1 saturated heterocycles. The Morgan fingerprint density at radius 1 is 1.42 bits per heavy atom. The maximum absolute atomic E-state index is 12.5. The van der Waals surface area contributed by atoms with E-state index < -0.39 is 0 Å². The highest BCUT2D eigenvalue weighted by Crippen LogP contribution is 2.25. The Labute approximate surface area is 146 Å². The standard InChI is InChI=1S/C17H22N4O2S/c1-23-11-9-15-19-17(24-20-15)21-10-5-6-13(12-21)16(22)18-14-7-3-2-4-8-14/h2-4,7-8,13H,5-6,9-12H2,1H3,(H,18,22). The Balaban J connectivity index is 1.59. The van der Waals surface area contributed by atoms with Gasteiger partial charge in [0.15, 0.2) is 0 Å². The van der Waals surface area contributed by atoms with Gasteiger partial charge in [-0.1, -0.05) is 18.2 Å². The van der Waals surface area contributed by atoms with Crippen LogP contribution in [-0.4, -0.2) is 42.1 Å². The van der Waals surface area contributed by atoms with Gasteiger partial charge < -0.3 is 15.0 Å². The van der Waals surface area contributed by atoms with E-state index in [1.165, 1.54) is 11.5 Å². The molecule has 1 unspecified atom stereocenters. The van der Waals surface area contributed by atoms with Crippen LogP contribution in [0.25, 0.3) is 0 Å². The summed E-state index contributed by atoms with van der Waals surface area (Å²) in [5.74, 6) is 0.869. The molecule has 7 heteroatoms. The van der Waals surface area contributed by atoms with Crippen LogP contribution in [0.15, 0.2) is 30.3 Å². The predicted octanol–water partition coefficient (Wildman–Crippen LogP) is 2.58. The van der Waals surface area contributed by atoms with E-state index in [2.05, 4.69) is 19.6 Å². The summed E-state index contributed by atoms with van der Waals surface area (Å²) in [6.07, 6.45) is 2.61. The van der Waals surface area contributed by atoms with Crippen LogP contribution in [-0.2, 0) is 16.0 Å². The summed E-state index contributed by atoms with van der Waals surface area (Å²) < 4.78 is 9.44. The third kappa shape index (κ3) is 4.30. The number of methoxy groups -OCH3 is 1. The zero-order valence-electron chi connectivity index (χ0n) is 13.8. The highest BCUT2D eigenvalue weighted by molar-refractivity contribution is 7.09. The summed E-state index contributed by atoms with van der Waals surface area (Å²) in [6, 6.07) is 9.60. The van der Waals surface area contributed by atoms with Gasteiger partial charge in [0.05, 0.1) is 12.5 Å². The number of amides is 1. The van der Waals surface area contributed by atoms with Gasteiger partial charge in [-0.2, -0.15) is 4.37 Å². The summed E-state index contributed by atoms with van der Waals surface area (Å²) in [7, 11) is 1.67. The van der Waals surface area contributed by atoms with Gasteiger partial charge in [-0.15, -0.1) is 0 Å². The fourth-order valence-electron chi connectivity index (χ4n) is 2.80. The fraction of sp³-hybridized carbons (Fsp3) is 0.471. The van der Waals surface area contributed by atoms with E-state index in [0.717, 1.165) is 42.5 Å². The van der Waals surface area contributed by atoms with Crippen molar-refractivity contribution in [1.82, 2.24) is 9.36 Å². The fourth-order valence-corrected chi connectivity index (χ4v) is 3.55. The minimum atomic E-state index is -0.0229. The molecule has 0 radical (unpaired) electrons. The molecule has 0 bridgehead atoms. The molecule has 1 aromatic carbocycles. The number of carbonyl (C=O) groups excluding carboxylic acids is 1. The van der Waals surface area contributed by atoms with Gasteiger partial charge in [0, 0.05) is 43.8 Å². The summed E-state index contributed by atoms with van der Waals surface area (Å²) in [5.41, 5.74) is 0.845. The molecule has 2 aromatic rings. The Bertz CT molecular complexity index is 662. The molecule has 128 valence electrons. The minimum absolute atomic E-state index is 0.0229. The Morgan fingerprint density at radius 3 is 3.04 bits per heavy atom. The Kier molecular flexibility index (Phi) is 5.77. The second-order valence-electron chi connectivity index (χ2n) is 5.88. The van der Waals surface area contributed by atoms with Crippen molar-refractivity contribution < 1.29 is 9.53 Å². The van der Waals surface area contributed by atoms with Crippen LogP contribution >= 0.6 is 11.5 Å². The van der Waals surface area contributed by atoms with Gasteiger partial charge in [0.25, 0.3) is 0 Å². The molecule has 1 fully saturated rings. The van der Waals surface area contributed by atoms with Crippen molar-refractivity contribution in [2.75, 3.05) is 37.0 Å². The normalized spacial score (nSPS) is 17.7. The number of benzene rings is 1. The molecule has 0 saturated carbocycles. The van der Waals surface area contributed by atoms with Crippen LogP contribution in [0.4, 0.5) is 10.8 Å². The van der Waals surface area contributed by atoms with Crippen molar-refractivity contribution in [2.45, 2.75) is 19.3 Å². The second-order valence-corrected chi connectivity index (χ2v) is 6.61. The van der Waals surface area contributed by atoms with Gasteiger partial charge >= 0.3 is 0 Å². The van der Waals surface area contributed by atoms with Gasteiger partial charge in [-0.25, -0.2) is 4.98 Å². The van der Waals surface area contributed by atoms with Crippen LogP contribution in [0.5, 0.6) is 0 Å². The van der Waals surface area contributed by atoms with Gasteiger partial charge in [-0.3, -0.25) is 4.79 Å². The Morgan fingerprint density at radius 2 is 2.25 bits per heavy atom. The van der Waals surface area contributed by atoms with Gasteiger partial charge in [-0.05, 0) is 25.0 Å². The van der Waals surface area contributed by atoms with Crippen molar-refractivity contribution in [2.24, 2.45) is 5.92 Å². The first-order chi connectivity index (χ1) is 11.8. The first-order valence-corrected chi connectivity index (χ1v) is 8.96. The maximum atomic E-state index is 12.5. The number of nitrogens with one attached hydrogen (secondary N) is 1. The van der Waals surface area contributed by atoms with Crippen LogP contribution < -0.4 is 10.2 Å². The van der Waals surface area contributed by atoms with E-state index in [1.807, 2.05) is 30.3 Å².